The molecule has 9 heteroatoms. The zero-order valence-corrected chi connectivity index (χ0v) is 14.5. The summed E-state index contributed by atoms with van der Waals surface area (Å²) in [7, 11) is -3.97. The summed E-state index contributed by atoms with van der Waals surface area (Å²) in [6, 6.07) is 12.3. The first-order valence-electron chi connectivity index (χ1n) is 7.27. The lowest BCUT2D eigenvalue weighted by Gasteiger charge is -2.12. The first-order valence-corrected chi connectivity index (χ1v) is 9.63. The minimum atomic E-state index is -3.97. The predicted molar refractivity (Wildman–Crippen MR) is 95.1 cm³/mol. The maximum absolute atomic E-state index is 12.3. The third kappa shape index (κ3) is 3.69. The number of aliphatic hydroxyl groups excluding tert-OH is 1. The molecular formula is C16H14N2O5S2. The van der Waals surface area contributed by atoms with Crippen molar-refractivity contribution in [2.75, 3.05) is 6.54 Å². The number of sulfonamides is 1. The van der Waals surface area contributed by atoms with Gasteiger partial charge in [-0.1, -0.05) is 24.3 Å². The third-order valence-corrected chi connectivity index (χ3v) is 6.08. The highest BCUT2D eigenvalue weighted by Gasteiger charge is 2.20. The van der Waals surface area contributed by atoms with E-state index in [0.717, 1.165) is 16.2 Å². The highest BCUT2D eigenvalue weighted by molar-refractivity contribution is 7.89. The second-order valence-corrected chi connectivity index (χ2v) is 7.99. The number of hydrogen-bond acceptors (Lipinski definition) is 6. The van der Waals surface area contributed by atoms with Crippen molar-refractivity contribution in [1.29, 1.82) is 0 Å². The molecule has 0 aliphatic heterocycles. The lowest BCUT2D eigenvalue weighted by molar-refractivity contribution is -0.385. The number of thiophene rings is 1. The van der Waals surface area contributed by atoms with Crippen molar-refractivity contribution in [3.8, 4) is 0 Å². The van der Waals surface area contributed by atoms with Gasteiger partial charge in [-0.05, 0) is 22.9 Å². The van der Waals surface area contributed by atoms with E-state index in [4.69, 9.17) is 0 Å². The van der Waals surface area contributed by atoms with Gasteiger partial charge < -0.3 is 5.11 Å². The van der Waals surface area contributed by atoms with Crippen LogP contribution in [0.5, 0.6) is 0 Å². The van der Waals surface area contributed by atoms with Crippen LogP contribution >= 0.6 is 11.3 Å². The van der Waals surface area contributed by atoms with Gasteiger partial charge in [0.2, 0.25) is 10.0 Å². The van der Waals surface area contributed by atoms with Crippen molar-refractivity contribution >= 4 is 37.1 Å². The van der Waals surface area contributed by atoms with Crippen molar-refractivity contribution < 1.29 is 18.4 Å². The van der Waals surface area contributed by atoms with Crippen LogP contribution < -0.4 is 4.72 Å². The molecule has 0 aliphatic rings. The maximum atomic E-state index is 12.3. The van der Waals surface area contributed by atoms with E-state index in [0.29, 0.717) is 5.56 Å². The first-order chi connectivity index (χ1) is 11.9. The Bertz CT molecular complexity index is 1030. The maximum Gasteiger partial charge on any atom is 0.270 e. The van der Waals surface area contributed by atoms with Crippen LogP contribution in [0.4, 0.5) is 5.69 Å². The summed E-state index contributed by atoms with van der Waals surface area (Å²) >= 11 is 1.46. The topological polar surface area (TPSA) is 110 Å². The monoisotopic (exact) mass is 378 g/mol. The van der Waals surface area contributed by atoms with Crippen molar-refractivity contribution in [3.05, 3.63) is 69.6 Å². The number of nitrogens with zero attached hydrogens (tertiary/aromatic N) is 1. The third-order valence-electron chi connectivity index (χ3n) is 3.68. The molecule has 0 spiro atoms. The summed E-state index contributed by atoms with van der Waals surface area (Å²) < 4.78 is 27.9. The fraction of sp³-hybridized carbons (Fsp3) is 0.125. The fourth-order valence-corrected chi connectivity index (χ4v) is 4.49. The Morgan fingerprint density at radius 2 is 1.96 bits per heavy atom. The van der Waals surface area contributed by atoms with Gasteiger partial charge in [0.25, 0.3) is 5.69 Å². The van der Waals surface area contributed by atoms with Crippen LogP contribution in [0.1, 0.15) is 11.7 Å². The van der Waals surface area contributed by atoms with Gasteiger partial charge in [0, 0.05) is 28.9 Å². The van der Waals surface area contributed by atoms with Crippen LogP contribution in [-0.2, 0) is 10.0 Å². The molecule has 25 heavy (non-hydrogen) atoms. The molecule has 1 atom stereocenters. The Morgan fingerprint density at radius 1 is 1.20 bits per heavy atom. The number of nitro benzene ring substituents is 1. The minimum Gasteiger partial charge on any atom is -0.387 e. The Balaban J connectivity index is 1.78. The van der Waals surface area contributed by atoms with Crippen LogP contribution in [0.15, 0.2) is 58.8 Å². The molecule has 0 bridgehead atoms. The molecule has 2 aromatic carbocycles. The molecule has 2 N–H and O–H groups in total. The second kappa shape index (κ2) is 6.89. The number of non-ortho nitro benzene ring substituents is 1. The summed E-state index contributed by atoms with van der Waals surface area (Å²) in [5.41, 5.74) is 0.328. The van der Waals surface area contributed by atoms with Crippen molar-refractivity contribution in [2.24, 2.45) is 0 Å². The molecule has 3 aromatic rings. The van der Waals surface area contributed by atoms with E-state index in [1.165, 1.54) is 29.5 Å². The smallest absolute Gasteiger partial charge is 0.270 e. The first kappa shape index (κ1) is 17.5. The summed E-state index contributed by atoms with van der Waals surface area (Å²) in [4.78, 5) is 9.90. The lowest BCUT2D eigenvalue weighted by atomic mass is 10.1. The molecule has 0 saturated heterocycles. The van der Waals surface area contributed by atoms with Crippen LogP contribution in [0, 0.1) is 10.1 Å². The Morgan fingerprint density at radius 3 is 2.72 bits per heavy atom. The van der Waals surface area contributed by atoms with Crippen LogP contribution in [0.25, 0.3) is 10.1 Å². The van der Waals surface area contributed by atoms with Crippen molar-refractivity contribution in [2.45, 2.75) is 11.0 Å². The highest BCUT2D eigenvalue weighted by atomic mass is 32.2. The van der Waals surface area contributed by atoms with E-state index in [1.807, 2.05) is 24.3 Å². The Kier molecular flexibility index (Phi) is 4.82. The molecule has 3 rings (SSSR count). The van der Waals surface area contributed by atoms with E-state index >= 15 is 0 Å². The van der Waals surface area contributed by atoms with E-state index in [1.54, 1.807) is 5.38 Å². The van der Waals surface area contributed by atoms with Crippen LogP contribution in [0.2, 0.25) is 0 Å². The molecule has 1 aromatic heterocycles. The van der Waals surface area contributed by atoms with Gasteiger partial charge >= 0.3 is 0 Å². The summed E-state index contributed by atoms with van der Waals surface area (Å²) in [6.07, 6.45) is -1.02. The van der Waals surface area contributed by atoms with Gasteiger partial charge in [0.15, 0.2) is 0 Å². The molecule has 7 nitrogen and oxygen atoms in total. The predicted octanol–water partition coefficient (Wildman–Crippen LogP) is 2.82. The number of nitro groups is 1. The normalized spacial score (nSPS) is 13.0. The molecule has 0 aliphatic carbocycles. The largest absolute Gasteiger partial charge is 0.387 e. The Labute approximate surface area is 147 Å². The second-order valence-electron chi connectivity index (χ2n) is 5.31. The van der Waals surface area contributed by atoms with E-state index in [2.05, 4.69) is 4.72 Å². The number of rotatable bonds is 6. The van der Waals surface area contributed by atoms with E-state index in [-0.39, 0.29) is 17.1 Å². The lowest BCUT2D eigenvalue weighted by Crippen LogP contribution is -2.28. The number of nitrogens with one attached hydrogen (secondary N) is 1. The van der Waals surface area contributed by atoms with Crippen molar-refractivity contribution in [3.63, 3.8) is 0 Å². The molecule has 0 amide bonds. The molecule has 0 fully saturated rings. The van der Waals surface area contributed by atoms with Gasteiger partial charge in [-0.25, -0.2) is 13.1 Å². The van der Waals surface area contributed by atoms with E-state index < -0.39 is 21.1 Å². The molecule has 0 radical (unpaired) electrons. The highest BCUT2D eigenvalue weighted by Crippen LogP contribution is 2.30. The number of fused-ring (bicyclic) bond motifs is 1. The summed E-state index contributed by atoms with van der Waals surface area (Å²) in [6.45, 7) is -0.230. The zero-order chi connectivity index (χ0) is 18.0. The molecule has 1 unspecified atom stereocenters. The average molecular weight is 378 g/mol. The van der Waals surface area contributed by atoms with Gasteiger partial charge in [-0.2, -0.15) is 0 Å². The van der Waals surface area contributed by atoms with Gasteiger partial charge in [0.05, 0.1) is 15.9 Å². The molecule has 130 valence electrons. The number of benzene rings is 2. The molecular weight excluding hydrogens is 364 g/mol. The molecule has 1 heterocycles. The van der Waals surface area contributed by atoms with Gasteiger partial charge in [0.1, 0.15) is 0 Å². The van der Waals surface area contributed by atoms with E-state index in [9.17, 15) is 23.6 Å². The van der Waals surface area contributed by atoms with Gasteiger partial charge in [-0.3, -0.25) is 10.1 Å². The van der Waals surface area contributed by atoms with Gasteiger partial charge in [-0.15, -0.1) is 11.3 Å². The Hall–Kier alpha value is -2.33. The number of hydrogen-bond donors (Lipinski definition) is 2. The SMILES string of the molecule is O=[N+]([O-])c1cccc(S(=O)(=O)NCC(O)c2csc3ccccc23)c1. The van der Waals surface area contributed by atoms with Crippen LogP contribution in [0.3, 0.4) is 0 Å². The van der Waals surface area contributed by atoms with Crippen LogP contribution in [-0.4, -0.2) is 25.0 Å². The quantitative estimate of drug-likeness (QED) is 0.506. The molecule has 0 saturated carbocycles. The summed E-state index contributed by atoms with van der Waals surface area (Å²) in [5, 5.41) is 23.8. The average Bonchev–Trinajstić information content (AvgIpc) is 3.04. The fourth-order valence-electron chi connectivity index (χ4n) is 2.40. The zero-order valence-electron chi connectivity index (χ0n) is 12.8. The van der Waals surface area contributed by atoms with Crippen molar-refractivity contribution in [1.82, 2.24) is 4.72 Å². The number of aliphatic hydroxyl groups is 1. The summed E-state index contributed by atoms with van der Waals surface area (Å²) in [5.74, 6) is 0. The standard InChI is InChI=1S/C16H14N2O5S2/c19-15(14-10-24-16-7-2-1-6-13(14)16)9-17-25(22,23)12-5-3-4-11(8-12)18(20)21/h1-8,10,15,17,19H,9H2. The minimum absolute atomic E-state index is 0.218.